The second-order valence-corrected chi connectivity index (χ2v) is 6.53. The number of amides is 1. The molecule has 2 rings (SSSR count). The zero-order valence-electron chi connectivity index (χ0n) is 14.9. The van der Waals surface area contributed by atoms with Crippen LogP contribution < -0.4 is 9.47 Å². The van der Waals surface area contributed by atoms with Gasteiger partial charge in [0.1, 0.15) is 6.54 Å². The molecule has 0 heterocycles. The minimum absolute atomic E-state index is 0.175. The average molecular weight is 412 g/mol. The molecule has 1 N–H and O–H groups in total. The predicted molar refractivity (Wildman–Crippen MR) is 103 cm³/mol. The van der Waals surface area contributed by atoms with Gasteiger partial charge in [-0.25, -0.2) is 0 Å². The Bertz CT molecular complexity index is 841. The van der Waals surface area contributed by atoms with Crippen LogP contribution in [0.15, 0.2) is 36.4 Å². The molecule has 0 aliphatic heterocycles. The summed E-state index contributed by atoms with van der Waals surface area (Å²) in [6.45, 7) is -0.245. The molecule has 144 valence electrons. The standard InChI is InChI=1S/C19H19Cl2NO5/c1-26-16-6-3-12(9-17(16)27-2)7-8-22(11-18(23)24)19(25)14-5-4-13(20)10-15(14)21/h3-6,9-10H,7-8,11H2,1-2H3,(H,23,24). The Labute approximate surface area is 167 Å². The molecular formula is C19H19Cl2NO5. The van der Waals surface area contributed by atoms with Crippen molar-refractivity contribution in [3.8, 4) is 11.5 Å². The minimum Gasteiger partial charge on any atom is -0.493 e. The number of ether oxygens (including phenoxy) is 2. The molecule has 0 fully saturated rings. The summed E-state index contributed by atoms with van der Waals surface area (Å²) in [7, 11) is 3.07. The Morgan fingerprint density at radius 3 is 2.33 bits per heavy atom. The molecule has 0 spiro atoms. The first-order chi connectivity index (χ1) is 12.8. The van der Waals surface area contributed by atoms with Gasteiger partial charge in [-0.15, -0.1) is 0 Å². The summed E-state index contributed by atoms with van der Waals surface area (Å²) >= 11 is 11.9. The molecule has 0 aliphatic rings. The van der Waals surface area contributed by atoms with Gasteiger partial charge >= 0.3 is 5.97 Å². The number of rotatable bonds is 8. The first-order valence-electron chi connectivity index (χ1n) is 8.02. The summed E-state index contributed by atoms with van der Waals surface area (Å²) < 4.78 is 10.5. The van der Waals surface area contributed by atoms with E-state index in [2.05, 4.69) is 0 Å². The van der Waals surface area contributed by atoms with Crippen molar-refractivity contribution < 1.29 is 24.2 Å². The summed E-state index contributed by atoms with van der Waals surface area (Å²) in [5, 5.41) is 9.73. The summed E-state index contributed by atoms with van der Waals surface area (Å²) in [4.78, 5) is 25.2. The summed E-state index contributed by atoms with van der Waals surface area (Å²) in [6, 6.07) is 9.85. The van der Waals surface area contributed by atoms with Crippen LogP contribution in [0.4, 0.5) is 0 Å². The van der Waals surface area contributed by atoms with Gasteiger partial charge in [0.05, 0.1) is 24.8 Å². The molecule has 2 aromatic carbocycles. The van der Waals surface area contributed by atoms with Gasteiger partial charge in [0, 0.05) is 11.6 Å². The monoisotopic (exact) mass is 411 g/mol. The third-order valence-corrected chi connectivity index (χ3v) is 4.44. The van der Waals surface area contributed by atoms with E-state index in [0.29, 0.717) is 22.9 Å². The van der Waals surface area contributed by atoms with Crippen LogP contribution in [0, 0.1) is 0 Å². The summed E-state index contributed by atoms with van der Waals surface area (Å²) in [5.74, 6) is -0.431. The van der Waals surface area contributed by atoms with E-state index in [1.165, 1.54) is 30.2 Å². The third kappa shape index (κ3) is 5.52. The van der Waals surface area contributed by atoms with Crippen molar-refractivity contribution in [3.05, 3.63) is 57.6 Å². The first kappa shape index (κ1) is 20.9. The SMILES string of the molecule is COc1ccc(CCN(CC(=O)O)C(=O)c2ccc(Cl)cc2Cl)cc1OC. The number of hydrogen-bond acceptors (Lipinski definition) is 4. The molecule has 0 aliphatic carbocycles. The van der Waals surface area contributed by atoms with E-state index in [0.717, 1.165) is 5.56 Å². The van der Waals surface area contributed by atoms with Crippen LogP contribution in [-0.2, 0) is 11.2 Å². The molecule has 27 heavy (non-hydrogen) atoms. The number of carboxylic acids is 1. The van der Waals surface area contributed by atoms with Gasteiger partial charge in [-0.05, 0) is 42.3 Å². The van der Waals surface area contributed by atoms with Crippen molar-refractivity contribution >= 4 is 35.1 Å². The van der Waals surface area contributed by atoms with Crippen LogP contribution in [-0.4, -0.2) is 49.2 Å². The lowest BCUT2D eigenvalue weighted by Gasteiger charge is -2.21. The van der Waals surface area contributed by atoms with Crippen LogP contribution >= 0.6 is 23.2 Å². The highest BCUT2D eigenvalue weighted by Gasteiger charge is 2.21. The van der Waals surface area contributed by atoms with Gasteiger partial charge in [0.15, 0.2) is 11.5 Å². The number of hydrogen-bond donors (Lipinski definition) is 1. The highest BCUT2D eigenvalue weighted by molar-refractivity contribution is 6.36. The van der Waals surface area contributed by atoms with Crippen LogP contribution in [0.1, 0.15) is 15.9 Å². The zero-order valence-corrected chi connectivity index (χ0v) is 16.4. The fraction of sp³-hybridized carbons (Fsp3) is 0.263. The normalized spacial score (nSPS) is 10.4. The Balaban J connectivity index is 2.19. The maximum atomic E-state index is 12.7. The second-order valence-electron chi connectivity index (χ2n) is 5.68. The molecule has 0 unspecified atom stereocenters. The zero-order chi connectivity index (χ0) is 20.0. The highest BCUT2D eigenvalue weighted by atomic mass is 35.5. The predicted octanol–water partition coefficient (Wildman–Crippen LogP) is 3.78. The topological polar surface area (TPSA) is 76.1 Å². The molecule has 0 saturated carbocycles. The summed E-state index contributed by atoms with van der Waals surface area (Å²) in [6.07, 6.45) is 0.435. The molecular weight excluding hydrogens is 393 g/mol. The van der Waals surface area contributed by atoms with Crippen molar-refractivity contribution in [1.29, 1.82) is 0 Å². The molecule has 6 nitrogen and oxygen atoms in total. The molecule has 0 bridgehead atoms. The smallest absolute Gasteiger partial charge is 0.323 e. The van der Waals surface area contributed by atoms with Crippen LogP contribution in [0.25, 0.3) is 0 Å². The fourth-order valence-electron chi connectivity index (χ4n) is 2.55. The average Bonchev–Trinajstić information content (AvgIpc) is 2.64. The van der Waals surface area contributed by atoms with Gasteiger partial charge < -0.3 is 19.5 Å². The fourth-order valence-corrected chi connectivity index (χ4v) is 3.04. The first-order valence-corrected chi connectivity index (χ1v) is 8.78. The van der Waals surface area contributed by atoms with Gasteiger partial charge in [-0.3, -0.25) is 9.59 Å². The molecule has 0 aromatic heterocycles. The molecule has 0 atom stereocenters. The maximum Gasteiger partial charge on any atom is 0.323 e. The van der Waals surface area contributed by atoms with Gasteiger partial charge in [0.25, 0.3) is 5.91 Å². The number of carbonyl (C=O) groups excluding carboxylic acids is 1. The molecule has 8 heteroatoms. The highest BCUT2D eigenvalue weighted by Crippen LogP contribution is 2.28. The van der Waals surface area contributed by atoms with E-state index in [1.54, 1.807) is 19.2 Å². The van der Waals surface area contributed by atoms with E-state index < -0.39 is 18.4 Å². The number of carbonyl (C=O) groups is 2. The number of halogens is 2. The number of nitrogens with zero attached hydrogens (tertiary/aromatic N) is 1. The lowest BCUT2D eigenvalue weighted by Crippen LogP contribution is -2.37. The van der Waals surface area contributed by atoms with Gasteiger partial charge in [-0.1, -0.05) is 29.3 Å². The van der Waals surface area contributed by atoms with Gasteiger partial charge in [0.2, 0.25) is 0 Å². The molecule has 1 amide bonds. The molecule has 2 aromatic rings. The largest absolute Gasteiger partial charge is 0.493 e. The molecule has 0 radical (unpaired) electrons. The molecule has 0 saturated heterocycles. The second kappa shape index (κ2) is 9.48. The van der Waals surface area contributed by atoms with Crippen molar-refractivity contribution in [2.75, 3.05) is 27.3 Å². The Morgan fingerprint density at radius 2 is 1.74 bits per heavy atom. The van der Waals surface area contributed by atoms with E-state index in [9.17, 15) is 9.59 Å². The van der Waals surface area contributed by atoms with Crippen LogP contribution in [0.2, 0.25) is 10.0 Å². The maximum absolute atomic E-state index is 12.7. The number of aliphatic carboxylic acids is 1. The van der Waals surface area contributed by atoms with Crippen molar-refractivity contribution in [2.45, 2.75) is 6.42 Å². The van der Waals surface area contributed by atoms with E-state index in [-0.39, 0.29) is 17.1 Å². The van der Waals surface area contributed by atoms with E-state index in [4.69, 9.17) is 37.8 Å². The van der Waals surface area contributed by atoms with Crippen molar-refractivity contribution in [3.63, 3.8) is 0 Å². The third-order valence-electron chi connectivity index (χ3n) is 3.89. The Morgan fingerprint density at radius 1 is 1.04 bits per heavy atom. The van der Waals surface area contributed by atoms with Crippen LogP contribution in [0.5, 0.6) is 11.5 Å². The number of benzene rings is 2. The lowest BCUT2D eigenvalue weighted by atomic mass is 10.1. The van der Waals surface area contributed by atoms with Crippen molar-refractivity contribution in [1.82, 2.24) is 4.90 Å². The quantitative estimate of drug-likeness (QED) is 0.714. The lowest BCUT2D eigenvalue weighted by molar-refractivity contribution is -0.137. The van der Waals surface area contributed by atoms with Crippen LogP contribution in [0.3, 0.4) is 0 Å². The number of methoxy groups -OCH3 is 2. The number of carboxylic acid groups (broad SMARTS) is 1. The Hall–Kier alpha value is -2.44. The van der Waals surface area contributed by atoms with E-state index >= 15 is 0 Å². The summed E-state index contributed by atoms with van der Waals surface area (Å²) in [5.41, 5.74) is 1.08. The van der Waals surface area contributed by atoms with Gasteiger partial charge in [-0.2, -0.15) is 0 Å². The Kier molecular flexibility index (Phi) is 7.33. The minimum atomic E-state index is -1.11. The van der Waals surface area contributed by atoms with Crippen molar-refractivity contribution in [2.24, 2.45) is 0 Å². The van der Waals surface area contributed by atoms with E-state index in [1.807, 2.05) is 6.07 Å².